The van der Waals surface area contributed by atoms with Gasteiger partial charge in [0.15, 0.2) is 0 Å². The van der Waals surface area contributed by atoms with Crippen molar-refractivity contribution in [3.63, 3.8) is 0 Å². The fraction of sp³-hybridized carbons (Fsp3) is 0.474. The second-order valence-electron chi connectivity index (χ2n) is 7.09. The van der Waals surface area contributed by atoms with Gasteiger partial charge in [-0.05, 0) is 35.6 Å². The average molecular weight is 396 g/mol. The maximum absolute atomic E-state index is 12.4. The third-order valence-corrected chi connectivity index (χ3v) is 4.73. The van der Waals surface area contributed by atoms with E-state index in [-0.39, 0.29) is 24.3 Å². The van der Waals surface area contributed by atoms with Crippen molar-refractivity contribution >= 4 is 11.6 Å². The Morgan fingerprint density at radius 2 is 2.00 bits per heavy atom. The number of aliphatic hydroxyl groups is 1. The number of hydrogen-bond acceptors (Lipinski definition) is 6. The molecule has 1 aliphatic heterocycles. The van der Waals surface area contributed by atoms with Crippen molar-refractivity contribution in [3.8, 4) is 5.75 Å². The Balaban J connectivity index is 1.73. The molecule has 0 amide bonds. The zero-order chi connectivity index (χ0) is 20.3. The minimum Gasteiger partial charge on any atom is -0.406 e. The summed E-state index contributed by atoms with van der Waals surface area (Å²) in [6.07, 6.45) is -2.65. The van der Waals surface area contributed by atoms with Crippen molar-refractivity contribution in [2.75, 3.05) is 23.4 Å². The summed E-state index contributed by atoms with van der Waals surface area (Å²) < 4.78 is 41.2. The molecule has 1 atom stereocenters. The van der Waals surface area contributed by atoms with Gasteiger partial charge in [-0.3, -0.25) is 0 Å². The molecule has 0 saturated heterocycles. The molecule has 3 rings (SSSR count). The molecule has 6 nitrogen and oxygen atoms in total. The van der Waals surface area contributed by atoms with Crippen LogP contribution in [0.4, 0.5) is 24.8 Å². The van der Waals surface area contributed by atoms with E-state index in [9.17, 15) is 18.3 Å². The van der Waals surface area contributed by atoms with Crippen LogP contribution < -0.4 is 15.0 Å². The van der Waals surface area contributed by atoms with Gasteiger partial charge in [-0.1, -0.05) is 19.9 Å². The van der Waals surface area contributed by atoms with Gasteiger partial charge in [0.05, 0.1) is 12.6 Å². The smallest absolute Gasteiger partial charge is 0.406 e. The summed E-state index contributed by atoms with van der Waals surface area (Å²) in [6, 6.07) is 6.14. The zero-order valence-corrected chi connectivity index (χ0v) is 15.7. The van der Waals surface area contributed by atoms with Gasteiger partial charge in [-0.25, -0.2) is 9.97 Å². The number of hydrogen-bond donors (Lipinski definition) is 2. The molecule has 0 spiro atoms. The molecule has 9 heteroatoms. The van der Waals surface area contributed by atoms with Gasteiger partial charge in [-0.15, -0.1) is 13.2 Å². The molecule has 1 aliphatic rings. The van der Waals surface area contributed by atoms with Gasteiger partial charge >= 0.3 is 6.36 Å². The topological polar surface area (TPSA) is 70.5 Å². The predicted octanol–water partition coefficient (Wildman–Crippen LogP) is 3.37. The Kier molecular flexibility index (Phi) is 5.93. The molecule has 0 radical (unpaired) electrons. The lowest BCUT2D eigenvalue weighted by Gasteiger charge is -2.30. The van der Waals surface area contributed by atoms with E-state index in [2.05, 4.69) is 20.0 Å². The number of benzene rings is 1. The molecule has 0 bridgehead atoms. The number of aromatic nitrogens is 2. The van der Waals surface area contributed by atoms with E-state index in [1.165, 1.54) is 18.5 Å². The first-order valence-corrected chi connectivity index (χ1v) is 9.07. The van der Waals surface area contributed by atoms with Crippen molar-refractivity contribution in [2.24, 2.45) is 5.92 Å². The highest BCUT2D eigenvalue weighted by atomic mass is 19.4. The monoisotopic (exact) mass is 396 g/mol. The first kappa shape index (κ1) is 20.2. The highest BCUT2D eigenvalue weighted by Crippen LogP contribution is 2.29. The Labute approximate surface area is 161 Å². The fourth-order valence-corrected chi connectivity index (χ4v) is 3.13. The van der Waals surface area contributed by atoms with Crippen molar-refractivity contribution in [3.05, 3.63) is 41.7 Å². The number of fused-ring (bicyclic) bond motifs is 1. The maximum atomic E-state index is 12.4. The molecule has 0 unspecified atom stereocenters. The summed E-state index contributed by atoms with van der Waals surface area (Å²) in [5, 5.41) is 12.7. The Morgan fingerprint density at radius 1 is 1.21 bits per heavy atom. The molecule has 0 fully saturated rings. The van der Waals surface area contributed by atoms with Crippen LogP contribution in [0.5, 0.6) is 5.75 Å². The van der Waals surface area contributed by atoms with Crippen LogP contribution in [0.2, 0.25) is 0 Å². The molecule has 152 valence electrons. The van der Waals surface area contributed by atoms with Gasteiger partial charge in [0.2, 0.25) is 0 Å². The van der Waals surface area contributed by atoms with Gasteiger partial charge in [-0.2, -0.15) is 0 Å². The van der Waals surface area contributed by atoms with Crippen LogP contribution in [0.15, 0.2) is 30.6 Å². The summed E-state index contributed by atoms with van der Waals surface area (Å²) in [6.45, 7) is 5.16. The van der Waals surface area contributed by atoms with Crippen LogP contribution in [-0.4, -0.2) is 40.6 Å². The zero-order valence-electron chi connectivity index (χ0n) is 15.7. The molecule has 1 aromatic carbocycles. The van der Waals surface area contributed by atoms with E-state index in [0.717, 1.165) is 16.9 Å². The SMILES string of the molecule is CC(C)[C@@H](CO)Nc1cc(N2CCc3cc(OC(F)(F)F)ccc3C2)ncn1. The Morgan fingerprint density at radius 3 is 2.68 bits per heavy atom. The van der Waals surface area contributed by atoms with Crippen LogP contribution in [-0.2, 0) is 13.0 Å². The number of anilines is 2. The van der Waals surface area contributed by atoms with E-state index in [1.807, 2.05) is 24.8 Å². The predicted molar refractivity (Wildman–Crippen MR) is 99.2 cm³/mol. The number of aliphatic hydroxyl groups excluding tert-OH is 1. The van der Waals surface area contributed by atoms with Crippen molar-refractivity contribution in [2.45, 2.75) is 39.2 Å². The maximum Gasteiger partial charge on any atom is 0.573 e. The quantitative estimate of drug-likeness (QED) is 0.780. The van der Waals surface area contributed by atoms with E-state index in [0.29, 0.717) is 25.3 Å². The molecule has 0 aliphatic carbocycles. The number of nitrogens with zero attached hydrogens (tertiary/aromatic N) is 3. The first-order chi connectivity index (χ1) is 13.2. The van der Waals surface area contributed by atoms with Crippen LogP contribution in [0.25, 0.3) is 0 Å². The number of alkyl halides is 3. The van der Waals surface area contributed by atoms with Crippen LogP contribution in [0.1, 0.15) is 25.0 Å². The third-order valence-electron chi connectivity index (χ3n) is 4.73. The summed E-state index contributed by atoms with van der Waals surface area (Å²) in [5.41, 5.74) is 1.77. The second-order valence-corrected chi connectivity index (χ2v) is 7.09. The minimum absolute atomic E-state index is 0.00355. The standard InChI is InChI=1S/C19H23F3N4O2/c1-12(2)16(10-27)25-17-8-18(24-11-23-17)26-6-5-13-7-15(28-19(20,21)22)4-3-14(13)9-26/h3-4,7-8,11-12,16,27H,5-6,9-10H2,1-2H3,(H,23,24,25)/t16-/m1/s1. The number of nitrogens with one attached hydrogen (secondary N) is 1. The van der Waals surface area contributed by atoms with E-state index in [4.69, 9.17) is 0 Å². The normalized spacial score (nSPS) is 15.3. The molecule has 2 heterocycles. The summed E-state index contributed by atoms with van der Waals surface area (Å²) in [5.74, 6) is 1.38. The van der Waals surface area contributed by atoms with Gasteiger partial charge in [0.1, 0.15) is 23.7 Å². The lowest BCUT2D eigenvalue weighted by molar-refractivity contribution is -0.274. The molecule has 28 heavy (non-hydrogen) atoms. The number of halogens is 3. The van der Waals surface area contributed by atoms with Crippen LogP contribution >= 0.6 is 0 Å². The molecule has 0 saturated carbocycles. The highest BCUT2D eigenvalue weighted by Gasteiger charge is 2.31. The van der Waals surface area contributed by atoms with Crippen molar-refractivity contribution in [1.29, 1.82) is 0 Å². The largest absolute Gasteiger partial charge is 0.573 e. The molecule has 2 N–H and O–H groups in total. The lowest BCUT2D eigenvalue weighted by Crippen LogP contribution is -2.32. The number of ether oxygens (including phenoxy) is 1. The summed E-state index contributed by atoms with van der Waals surface area (Å²) in [7, 11) is 0. The first-order valence-electron chi connectivity index (χ1n) is 9.07. The van der Waals surface area contributed by atoms with Gasteiger partial charge in [0.25, 0.3) is 0 Å². The summed E-state index contributed by atoms with van der Waals surface area (Å²) >= 11 is 0. The molecule has 1 aromatic heterocycles. The lowest BCUT2D eigenvalue weighted by atomic mass is 9.99. The van der Waals surface area contributed by atoms with E-state index in [1.54, 1.807) is 6.07 Å². The molecular weight excluding hydrogens is 373 g/mol. The van der Waals surface area contributed by atoms with E-state index < -0.39 is 6.36 Å². The van der Waals surface area contributed by atoms with E-state index >= 15 is 0 Å². The van der Waals surface area contributed by atoms with Gasteiger partial charge in [0, 0.05) is 19.2 Å². The van der Waals surface area contributed by atoms with Crippen LogP contribution in [0, 0.1) is 5.92 Å². The second kappa shape index (κ2) is 8.22. The fourth-order valence-electron chi connectivity index (χ4n) is 3.13. The van der Waals surface area contributed by atoms with Crippen LogP contribution in [0.3, 0.4) is 0 Å². The Bertz CT molecular complexity index is 814. The number of rotatable bonds is 6. The van der Waals surface area contributed by atoms with Crippen molar-refractivity contribution < 1.29 is 23.0 Å². The minimum atomic E-state index is -4.69. The third kappa shape index (κ3) is 5.03. The highest BCUT2D eigenvalue weighted by molar-refractivity contribution is 5.51. The van der Waals surface area contributed by atoms with Crippen molar-refractivity contribution in [1.82, 2.24) is 9.97 Å². The molecule has 2 aromatic rings. The molecular formula is C19H23F3N4O2. The Hall–Kier alpha value is -2.55. The average Bonchev–Trinajstić information content (AvgIpc) is 2.64. The summed E-state index contributed by atoms with van der Waals surface area (Å²) in [4.78, 5) is 10.6. The van der Waals surface area contributed by atoms with Gasteiger partial charge < -0.3 is 20.1 Å².